The molecule has 100 valence electrons. The van der Waals surface area contributed by atoms with E-state index < -0.39 is 6.09 Å². The molecular formula is C13H13BrN2O3. The summed E-state index contributed by atoms with van der Waals surface area (Å²) in [6.07, 6.45) is 0.681. The van der Waals surface area contributed by atoms with E-state index in [1.807, 2.05) is 18.2 Å². The van der Waals surface area contributed by atoms with Gasteiger partial charge in [0.2, 0.25) is 0 Å². The van der Waals surface area contributed by atoms with Gasteiger partial charge in [0.05, 0.1) is 0 Å². The highest BCUT2D eigenvalue weighted by molar-refractivity contribution is 9.10. The summed E-state index contributed by atoms with van der Waals surface area (Å²) >= 11 is 3.41. The monoisotopic (exact) mass is 324 g/mol. The Morgan fingerprint density at radius 1 is 1.42 bits per heavy atom. The van der Waals surface area contributed by atoms with Crippen molar-refractivity contribution in [3.63, 3.8) is 0 Å². The van der Waals surface area contributed by atoms with Crippen molar-refractivity contribution in [2.45, 2.75) is 18.8 Å². The Kier molecular flexibility index (Phi) is 3.18. The number of fused-ring (bicyclic) bond motifs is 1. The molecule has 2 aromatic rings. The minimum absolute atomic E-state index is 0.210. The normalized spacial score (nSPS) is 17.0. The summed E-state index contributed by atoms with van der Waals surface area (Å²) in [7, 11) is 0. The molecule has 0 unspecified atom stereocenters. The van der Waals surface area contributed by atoms with E-state index in [2.05, 4.69) is 20.9 Å². The van der Waals surface area contributed by atoms with Gasteiger partial charge in [-0.05, 0) is 31.0 Å². The van der Waals surface area contributed by atoms with Crippen LogP contribution in [0.25, 0.3) is 11.1 Å². The predicted molar refractivity (Wildman–Crippen MR) is 73.3 cm³/mol. The third-order valence-corrected chi connectivity index (χ3v) is 3.97. The van der Waals surface area contributed by atoms with E-state index in [9.17, 15) is 4.79 Å². The van der Waals surface area contributed by atoms with Crippen LogP contribution in [0, 0.1) is 0 Å². The van der Waals surface area contributed by atoms with E-state index in [1.165, 1.54) is 4.90 Å². The van der Waals surface area contributed by atoms with E-state index in [4.69, 9.17) is 9.52 Å². The lowest BCUT2D eigenvalue weighted by Crippen LogP contribution is -2.36. The summed E-state index contributed by atoms with van der Waals surface area (Å²) in [5.74, 6) is 0.930. The lowest BCUT2D eigenvalue weighted by molar-refractivity contribution is 0.129. The van der Waals surface area contributed by atoms with Crippen molar-refractivity contribution in [1.29, 1.82) is 0 Å². The first-order chi connectivity index (χ1) is 9.13. The van der Waals surface area contributed by atoms with E-state index in [0.717, 1.165) is 34.3 Å². The number of benzene rings is 1. The van der Waals surface area contributed by atoms with Crippen LogP contribution in [0.5, 0.6) is 0 Å². The van der Waals surface area contributed by atoms with Crippen molar-refractivity contribution in [2.75, 3.05) is 13.1 Å². The molecule has 0 atom stereocenters. The molecule has 1 saturated heterocycles. The molecule has 5 nitrogen and oxygen atoms in total. The summed E-state index contributed by atoms with van der Waals surface area (Å²) in [5, 5.41) is 8.92. The molecule has 0 saturated carbocycles. The van der Waals surface area contributed by atoms with Crippen LogP contribution in [0.15, 0.2) is 27.1 Å². The number of carboxylic acid groups (broad SMARTS) is 1. The predicted octanol–water partition coefficient (Wildman–Crippen LogP) is 3.45. The number of piperidine rings is 1. The zero-order valence-corrected chi connectivity index (χ0v) is 11.8. The minimum atomic E-state index is -0.847. The number of hydrogen-bond donors (Lipinski definition) is 1. The number of halogens is 1. The van der Waals surface area contributed by atoms with Crippen LogP contribution >= 0.6 is 15.9 Å². The molecular weight excluding hydrogens is 312 g/mol. The largest absolute Gasteiger partial charge is 0.465 e. The number of nitrogens with zero attached hydrogens (tertiary/aromatic N) is 2. The average Bonchev–Trinajstić information content (AvgIpc) is 2.81. The molecule has 0 bridgehead atoms. The Balaban J connectivity index is 1.80. The highest BCUT2D eigenvalue weighted by Crippen LogP contribution is 2.30. The van der Waals surface area contributed by atoms with E-state index >= 15 is 0 Å². The lowest BCUT2D eigenvalue weighted by Gasteiger charge is -2.28. The van der Waals surface area contributed by atoms with Gasteiger partial charge in [0, 0.05) is 23.5 Å². The van der Waals surface area contributed by atoms with Gasteiger partial charge in [0.1, 0.15) is 5.52 Å². The maximum atomic E-state index is 10.9. The Hall–Kier alpha value is -1.56. The van der Waals surface area contributed by atoms with Crippen molar-refractivity contribution in [1.82, 2.24) is 9.88 Å². The fourth-order valence-electron chi connectivity index (χ4n) is 2.41. The van der Waals surface area contributed by atoms with Crippen molar-refractivity contribution in [3.8, 4) is 0 Å². The maximum absolute atomic E-state index is 10.9. The molecule has 0 aliphatic carbocycles. The van der Waals surface area contributed by atoms with Gasteiger partial charge in [-0.3, -0.25) is 0 Å². The maximum Gasteiger partial charge on any atom is 0.407 e. The van der Waals surface area contributed by atoms with Crippen LogP contribution in [0.3, 0.4) is 0 Å². The third-order valence-electron chi connectivity index (χ3n) is 3.48. The Morgan fingerprint density at radius 2 is 2.16 bits per heavy atom. The zero-order valence-electron chi connectivity index (χ0n) is 10.2. The molecule has 1 amide bonds. The minimum Gasteiger partial charge on any atom is -0.465 e. The second kappa shape index (κ2) is 4.85. The van der Waals surface area contributed by atoms with Crippen LogP contribution in [0.4, 0.5) is 4.79 Å². The summed E-state index contributed by atoms with van der Waals surface area (Å²) < 4.78 is 6.73. The Labute approximate surface area is 118 Å². The SMILES string of the molecule is O=C(O)N1CCC(c2nc3cc(Br)ccc3o2)CC1. The summed E-state index contributed by atoms with van der Waals surface area (Å²) in [6, 6.07) is 5.74. The first-order valence-electron chi connectivity index (χ1n) is 6.17. The van der Waals surface area contributed by atoms with E-state index in [1.54, 1.807) is 0 Å². The number of aromatic nitrogens is 1. The van der Waals surface area contributed by atoms with Crippen molar-refractivity contribution < 1.29 is 14.3 Å². The molecule has 1 aromatic carbocycles. The van der Waals surface area contributed by atoms with E-state index in [0.29, 0.717) is 13.1 Å². The fraction of sp³-hybridized carbons (Fsp3) is 0.385. The Morgan fingerprint density at radius 3 is 2.84 bits per heavy atom. The number of oxazole rings is 1. The van der Waals surface area contributed by atoms with Crippen LogP contribution in [-0.2, 0) is 0 Å². The van der Waals surface area contributed by atoms with Gasteiger partial charge in [-0.1, -0.05) is 15.9 Å². The van der Waals surface area contributed by atoms with Gasteiger partial charge in [0.15, 0.2) is 11.5 Å². The van der Waals surface area contributed by atoms with Crippen molar-refractivity contribution in [3.05, 3.63) is 28.6 Å². The molecule has 1 fully saturated rings. The fourth-order valence-corrected chi connectivity index (χ4v) is 2.76. The summed E-state index contributed by atoms with van der Waals surface area (Å²) in [4.78, 5) is 16.8. The van der Waals surface area contributed by atoms with Gasteiger partial charge >= 0.3 is 6.09 Å². The van der Waals surface area contributed by atoms with Gasteiger partial charge in [-0.2, -0.15) is 0 Å². The first kappa shape index (κ1) is 12.5. The molecule has 0 radical (unpaired) electrons. The zero-order chi connectivity index (χ0) is 13.4. The molecule has 2 heterocycles. The van der Waals surface area contributed by atoms with Gasteiger partial charge in [-0.25, -0.2) is 9.78 Å². The van der Waals surface area contributed by atoms with Crippen LogP contribution in [-0.4, -0.2) is 34.2 Å². The van der Waals surface area contributed by atoms with Crippen LogP contribution in [0.2, 0.25) is 0 Å². The summed E-state index contributed by atoms with van der Waals surface area (Å²) in [5.41, 5.74) is 1.61. The molecule has 3 rings (SSSR count). The van der Waals surface area contributed by atoms with Gasteiger partial charge in [-0.15, -0.1) is 0 Å². The smallest absolute Gasteiger partial charge is 0.407 e. The van der Waals surface area contributed by atoms with E-state index in [-0.39, 0.29) is 5.92 Å². The molecule has 1 aromatic heterocycles. The first-order valence-corrected chi connectivity index (χ1v) is 6.96. The number of rotatable bonds is 1. The van der Waals surface area contributed by atoms with Crippen molar-refractivity contribution >= 4 is 33.1 Å². The quantitative estimate of drug-likeness (QED) is 0.872. The van der Waals surface area contributed by atoms with Gasteiger partial charge in [0.25, 0.3) is 0 Å². The number of likely N-dealkylation sites (tertiary alicyclic amines) is 1. The summed E-state index contributed by atoms with van der Waals surface area (Å²) in [6.45, 7) is 1.09. The molecule has 1 aliphatic rings. The number of amides is 1. The van der Waals surface area contributed by atoms with Crippen LogP contribution in [0.1, 0.15) is 24.7 Å². The lowest BCUT2D eigenvalue weighted by atomic mass is 9.97. The Bertz CT molecular complexity index is 617. The molecule has 1 aliphatic heterocycles. The molecule has 19 heavy (non-hydrogen) atoms. The number of carbonyl (C=O) groups is 1. The highest BCUT2D eigenvalue weighted by atomic mass is 79.9. The molecule has 1 N–H and O–H groups in total. The average molecular weight is 325 g/mol. The number of hydrogen-bond acceptors (Lipinski definition) is 3. The standard InChI is InChI=1S/C13H13BrN2O3/c14-9-1-2-11-10(7-9)15-12(19-11)8-3-5-16(6-4-8)13(17)18/h1-2,7-8H,3-6H2,(H,17,18). The molecule has 0 spiro atoms. The second-order valence-corrected chi connectivity index (χ2v) is 5.62. The third kappa shape index (κ3) is 2.45. The van der Waals surface area contributed by atoms with Gasteiger partial charge < -0.3 is 14.4 Å². The molecule has 6 heteroatoms. The second-order valence-electron chi connectivity index (χ2n) is 4.71. The van der Waals surface area contributed by atoms with Crippen molar-refractivity contribution in [2.24, 2.45) is 0 Å². The topological polar surface area (TPSA) is 66.6 Å². The van der Waals surface area contributed by atoms with Crippen LogP contribution < -0.4 is 0 Å². The highest BCUT2D eigenvalue weighted by Gasteiger charge is 2.26.